The monoisotopic (exact) mass is 254 g/mol. The van der Waals surface area contributed by atoms with E-state index in [-0.39, 0.29) is 5.91 Å². The largest absolute Gasteiger partial charge is 0.378 e. The lowest BCUT2D eigenvalue weighted by molar-refractivity contribution is -0.129. The number of amides is 1. The Bertz CT molecular complexity index is 282. The van der Waals surface area contributed by atoms with Gasteiger partial charge in [-0.2, -0.15) is 0 Å². The molecule has 4 nitrogen and oxygen atoms in total. The van der Waals surface area contributed by atoms with Gasteiger partial charge in [0.1, 0.15) is 0 Å². The van der Waals surface area contributed by atoms with Gasteiger partial charge in [-0.15, -0.1) is 0 Å². The van der Waals surface area contributed by atoms with Crippen molar-refractivity contribution < 1.29 is 9.53 Å². The normalized spacial score (nSPS) is 18.2. The van der Waals surface area contributed by atoms with E-state index < -0.39 is 0 Å². The molecule has 0 aromatic heterocycles. The highest BCUT2D eigenvalue weighted by atomic mass is 16.5. The second-order valence-corrected chi connectivity index (χ2v) is 4.80. The van der Waals surface area contributed by atoms with Crippen LogP contribution in [0.5, 0.6) is 0 Å². The number of rotatable bonds is 6. The van der Waals surface area contributed by atoms with Gasteiger partial charge in [-0.3, -0.25) is 4.79 Å². The van der Waals surface area contributed by atoms with Crippen LogP contribution < -0.4 is 5.73 Å². The Morgan fingerprint density at radius 1 is 1.44 bits per heavy atom. The van der Waals surface area contributed by atoms with Crippen molar-refractivity contribution in [3.05, 3.63) is 11.6 Å². The number of piperidine rings is 1. The summed E-state index contributed by atoms with van der Waals surface area (Å²) in [7, 11) is 0. The summed E-state index contributed by atoms with van der Waals surface area (Å²) in [6, 6.07) is 0. The fraction of sp³-hybridized carbons (Fsp3) is 0.786. The summed E-state index contributed by atoms with van der Waals surface area (Å²) in [5.74, 6) is 0.178. The molecule has 1 heterocycles. The van der Waals surface area contributed by atoms with Crippen molar-refractivity contribution in [2.24, 2.45) is 5.73 Å². The highest BCUT2D eigenvalue weighted by molar-refractivity contribution is 5.92. The van der Waals surface area contributed by atoms with Crippen molar-refractivity contribution in [1.82, 2.24) is 4.90 Å². The van der Waals surface area contributed by atoms with Gasteiger partial charge >= 0.3 is 0 Å². The summed E-state index contributed by atoms with van der Waals surface area (Å²) in [5.41, 5.74) is 6.29. The van der Waals surface area contributed by atoms with Crippen LogP contribution in [-0.2, 0) is 9.53 Å². The minimum absolute atomic E-state index is 0.178. The average molecular weight is 254 g/mol. The maximum Gasteiger partial charge on any atom is 0.249 e. The molecule has 1 rings (SSSR count). The Morgan fingerprint density at radius 2 is 2.11 bits per heavy atom. The predicted molar refractivity (Wildman–Crippen MR) is 73.3 cm³/mol. The number of nitrogens with two attached hydrogens (primary N) is 1. The van der Waals surface area contributed by atoms with Crippen molar-refractivity contribution in [3.8, 4) is 0 Å². The zero-order valence-corrected chi connectivity index (χ0v) is 11.7. The Kier molecular flexibility index (Phi) is 6.98. The van der Waals surface area contributed by atoms with Gasteiger partial charge in [0.25, 0.3) is 0 Å². The predicted octanol–water partition coefficient (Wildman–Crippen LogP) is 1.70. The molecule has 0 unspecified atom stereocenters. The van der Waals surface area contributed by atoms with Gasteiger partial charge in [-0.1, -0.05) is 13.0 Å². The van der Waals surface area contributed by atoms with Crippen LogP contribution in [0.15, 0.2) is 11.6 Å². The van der Waals surface area contributed by atoms with E-state index in [0.29, 0.717) is 12.6 Å². The van der Waals surface area contributed by atoms with Crippen molar-refractivity contribution >= 4 is 5.91 Å². The van der Waals surface area contributed by atoms with Gasteiger partial charge in [0.15, 0.2) is 0 Å². The lowest BCUT2D eigenvalue weighted by Crippen LogP contribution is -2.41. The first-order chi connectivity index (χ1) is 8.69. The fourth-order valence-electron chi connectivity index (χ4n) is 2.20. The Labute approximate surface area is 110 Å². The molecule has 0 aromatic rings. The van der Waals surface area contributed by atoms with Crippen LogP contribution in [0.3, 0.4) is 0 Å². The topological polar surface area (TPSA) is 55.6 Å². The number of hydrogen-bond donors (Lipinski definition) is 1. The van der Waals surface area contributed by atoms with Gasteiger partial charge in [-0.25, -0.2) is 0 Å². The molecule has 0 saturated carbocycles. The highest BCUT2D eigenvalue weighted by Gasteiger charge is 2.23. The summed E-state index contributed by atoms with van der Waals surface area (Å²) >= 11 is 0. The zero-order chi connectivity index (χ0) is 13.4. The minimum atomic E-state index is 0.178. The smallest absolute Gasteiger partial charge is 0.249 e. The molecule has 1 aliphatic rings. The van der Waals surface area contributed by atoms with E-state index in [0.717, 1.165) is 51.0 Å². The van der Waals surface area contributed by atoms with Crippen LogP contribution in [0.2, 0.25) is 0 Å². The van der Waals surface area contributed by atoms with Crippen LogP contribution in [0.25, 0.3) is 0 Å². The molecule has 2 N–H and O–H groups in total. The Balaban J connectivity index is 2.30. The first-order valence-corrected chi connectivity index (χ1v) is 6.96. The molecule has 1 aliphatic heterocycles. The quantitative estimate of drug-likeness (QED) is 0.580. The first-order valence-electron chi connectivity index (χ1n) is 6.96. The third-order valence-corrected chi connectivity index (χ3v) is 3.28. The van der Waals surface area contributed by atoms with Gasteiger partial charge in [0.05, 0.1) is 6.10 Å². The number of carbonyl (C=O) groups is 1. The van der Waals surface area contributed by atoms with Gasteiger partial charge in [0.2, 0.25) is 5.91 Å². The van der Waals surface area contributed by atoms with E-state index in [2.05, 4.69) is 0 Å². The summed E-state index contributed by atoms with van der Waals surface area (Å²) in [5, 5.41) is 0. The number of hydrogen-bond acceptors (Lipinski definition) is 3. The molecule has 1 fully saturated rings. The van der Waals surface area contributed by atoms with Gasteiger partial charge in [0, 0.05) is 25.3 Å². The number of nitrogens with zero attached hydrogens (tertiary/aromatic N) is 1. The molecule has 0 atom stereocenters. The van der Waals surface area contributed by atoms with E-state index >= 15 is 0 Å². The molecule has 18 heavy (non-hydrogen) atoms. The lowest BCUT2D eigenvalue weighted by atomic mass is 10.1. The molecule has 0 bridgehead atoms. The molecule has 104 valence electrons. The first kappa shape index (κ1) is 15.2. The SMILES string of the molecule is CCC=C(C)C(=O)N1CCC(OCCCN)CC1. The van der Waals surface area contributed by atoms with Crippen molar-refractivity contribution in [2.45, 2.75) is 45.6 Å². The van der Waals surface area contributed by atoms with Crippen molar-refractivity contribution in [1.29, 1.82) is 0 Å². The van der Waals surface area contributed by atoms with E-state index in [1.54, 1.807) is 0 Å². The molecular formula is C14H26N2O2. The van der Waals surface area contributed by atoms with Crippen LogP contribution in [0.1, 0.15) is 39.5 Å². The van der Waals surface area contributed by atoms with Crippen LogP contribution in [0, 0.1) is 0 Å². The third-order valence-electron chi connectivity index (χ3n) is 3.28. The van der Waals surface area contributed by atoms with Gasteiger partial charge < -0.3 is 15.4 Å². The van der Waals surface area contributed by atoms with Crippen LogP contribution in [-0.4, -0.2) is 43.2 Å². The van der Waals surface area contributed by atoms with Crippen molar-refractivity contribution in [2.75, 3.05) is 26.2 Å². The summed E-state index contributed by atoms with van der Waals surface area (Å²) < 4.78 is 5.73. The zero-order valence-electron chi connectivity index (χ0n) is 11.7. The summed E-state index contributed by atoms with van der Waals surface area (Å²) in [4.78, 5) is 14.0. The fourth-order valence-corrected chi connectivity index (χ4v) is 2.20. The summed E-state index contributed by atoms with van der Waals surface area (Å²) in [6.45, 7) is 6.98. The Morgan fingerprint density at radius 3 is 2.67 bits per heavy atom. The standard InChI is InChI=1S/C14H26N2O2/c1-3-5-12(2)14(17)16-9-6-13(7-10-16)18-11-4-8-15/h5,13H,3-4,6-11,15H2,1-2H3. The number of carbonyl (C=O) groups excluding carboxylic acids is 1. The van der Waals surface area contributed by atoms with E-state index in [1.807, 2.05) is 24.8 Å². The Hall–Kier alpha value is -0.870. The molecule has 0 spiro atoms. The minimum Gasteiger partial charge on any atom is -0.378 e. The maximum atomic E-state index is 12.1. The number of allylic oxidation sites excluding steroid dienone is 1. The number of ether oxygens (including phenoxy) is 1. The van der Waals surface area contributed by atoms with E-state index in [9.17, 15) is 4.79 Å². The molecule has 0 aliphatic carbocycles. The lowest BCUT2D eigenvalue weighted by Gasteiger charge is -2.32. The second kappa shape index (κ2) is 8.27. The highest BCUT2D eigenvalue weighted by Crippen LogP contribution is 2.16. The van der Waals surface area contributed by atoms with E-state index in [1.165, 1.54) is 0 Å². The van der Waals surface area contributed by atoms with Crippen LogP contribution in [0.4, 0.5) is 0 Å². The van der Waals surface area contributed by atoms with Gasteiger partial charge in [-0.05, 0) is 39.2 Å². The molecule has 4 heteroatoms. The second-order valence-electron chi connectivity index (χ2n) is 4.80. The summed E-state index contributed by atoms with van der Waals surface area (Å²) in [6.07, 6.45) is 6.00. The molecule has 0 aromatic carbocycles. The molecular weight excluding hydrogens is 228 g/mol. The molecule has 0 radical (unpaired) electrons. The van der Waals surface area contributed by atoms with Crippen LogP contribution >= 0.6 is 0 Å². The molecule has 1 amide bonds. The number of likely N-dealkylation sites (tertiary alicyclic amines) is 1. The average Bonchev–Trinajstić information content (AvgIpc) is 2.39. The third kappa shape index (κ3) is 4.78. The maximum absolute atomic E-state index is 12.1. The van der Waals surface area contributed by atoms with E-state index in [4.69, 9.17) is 10.5 Å². The van der Waals surface area contributed by atoms with Crippen molar-refractivity contribution in [3.63, 3.8) is 0 Å². The molecule has 1 saturated heterocycles.